The first kappa shape index (κ1) is 25.7. The van der Waals surface area contributed by atoms with Crippen LogP contribution >= 0.6 is 11.8 Å². The fourth-order valence-corrected chi connectivity index (χ4v) is 4.08. The van der Waals surface area contributed by atoms with Crippen LogP contribution in [0.25, 0.3) is 0 Å². The third-order valence-corrected chi connectivity index (χ3v) is 6.07. The number of hydrogen-bond acceptors (Lipinski definition) is 8. The van der Waals surface area contributed by atoms with Gasteiger partial charge in [-0.15, -0.1) is 10.2 Å². The predicted molar refractivity (Wildman–Crippen MR) is 131 cm³/mol. The van der Waals surface area contributed by atoms with Gasteiger partial charge in [0, 0.05) is 23.9 Å². The first-order chi connectivity index (χ1) is 16.8. The van der Waals surface area contributed by atoms with Crippen LogP contribution in [0.15, 0.2) is 47.6 Å². The first-order valence-electron chi connectivity index (χ1n) is 10.8. The van der Waals surface area contributed by atoms with E-state index in [1.807, 2.05) is 23.6 Å². The highest BCUT2D eigenvalue weighted by Gasteiger charge is 2.16. The minimum atomic E-state index is -0.485. The van der Waals surface area contributed by atoms with Crippen LogP contribution in [0.5, 0.6) is 5.75 Å². The van der Waals surface area contributed by atoms with Gasteiger partial charge < -0.3 is 19.9 Å². The van der Waals surface area contributed by atoms with E-state index in [9.17, 15) is 19.7 Å². The van der Waals surface area contributed by atoms with Crippen LogP contribution < -0.4 is 15.4 Å². The summed E-state index contributed by atoms with van der Waals surface area (Å²) >= 11 is 1.19. The SMILES string of the molecule is CCn1c(CNC(=O)Cc2ccc(OC)cc2)nnc1SCC(=O)Nc1ccc(C)c([N+](=O)[O-])c1. The maximum absolute atomic E-state index is 12.4. The number of hydrogen-bond donors (Lipinski definition) is 2. The van der Waals surface area contributed by atoms with Gasteiger partial charge in [0.1, 0.15) is 5.75 Å². The highest BCUT2D eigenvalue weighted by Crippen LogP contribution is 2.23. The molecule has 1 aromatic heterocycles. The molecule has 0 fully saturated rings. The number of nitrogens with one attached hydrogen (secondary N) is 2. The number of thioether (sulfide) groups is 1. The summed E-state index contributed by atoms with van der Waals surface area (Å²) in [5, 5.41) is 25.4. The normalized spacial score (nSPS) is 10.6. The predicted octanol–water partition coefficient (Wildman–Crippen LogP) is 3.11. The standard InChI is InChI=1S/C23H26N6O5S/c1-4-28-20(13-24-21(30)11-16-6-9-18(34-3)10-7-16)26-27-23(28)35-14-22(31)25-17-8-5-15(2)19(12-17)29(32)33/h5-10,12H,4,11,13-14H2,1-3H3,(H,24,30)(H,25,31). The van der Waals surface area contributed by atoms with E-state index in [0.717, 1.165) is 11.3 Å². The molecule has 12 heteroatoms. The van der Waals surface area contributed by atoms with E-state index >= 15 is 0 Å². The maximum atomic E-state index is 12.4. The number of nitro benzene ring substituents is 1. The molecule has 0 unspecified atom stereocenters. The monoisotopic (exact) mass is 498 g/mol. The lowest BCUT2D eigenvalue weighted by molar-refractivity contribution is -0.385. The number of amides is 2. The molecule has 11 nitrogen and oxygen atoms in total. The van der Waals surface area contributed by atoms with Gasteiger partial charge in [-0.1, -0.05) is 30.0 Å². The lowest BCUT2D eigenvalue weighted by Gasteiger charge is -2.09. The molecule has 3 rings (SSSR count). The molecule has 0 radical (unpaired) electrons. The van der Waals surface area contributed by atoms with Crippen molar-refractivity contribution in [3.05, 3.63) is 69.5 Å². The lowest BCUT2D eigenvalue weighted by atomic mass is 10.1. The number of nitrogens with zero attached hydrogens (tertiary/aromatic N) is 4. The van der Waals surface area contributed by atoms with Crippen molar-refractivity contribution in [2.24, 2.45) is 0 Å². The molecule has 0 aliphatic carbocycles. The molecule has 1 heterocycles. The van der Waals surface area contributed by atoms with Crippen molar-refractivity contribution in [1.29, 1.82) is 0 Å². The van der Waals surface area contributed by atoms with Crippen LogP contribution in [-0.2, 0) is 29.1 Å². The zero-order chi connectivity index (χ0) is 25.4. The maximum Gasteiger partial charge on any atom is 0.274 e. The van der Waals surface area contributed by atoms with E-state index in [2.05, 4.69) is 20.8 Å². The van der Waals surface area contributed by atoms with Crippen molar-refractivity contribution in [3.63, 3.8) is 0 Å². The van der Waals surface area contributed by atoms with Gasteiger partial charge in [-0.3, -0.25) is 19.7 Å². The largest absolute Gasteiger partial charge is 0.497 e. The van der Waals surface area contributed by atoms with E-state index in [-0.39, 0.29) is 36.2 Å². The van der Waals surface area contributed by atoms with Gasteiger partial charge in [-0.05, 0) is 37.6 Å². The molecule has 0 atom stereocenters. The summed E-state index contributed by atoms with van der Waals surface area (Å²) in [7, 11) is 1.59. The summed E-state index contributed by atoms with van der Waals surface area (Å²) in [5.41, 5.74) is 1.67. The number of benzene rings is 2. The number of aromatic nitrogens is 3. The summed E-state index contributed by atoms with van der Waals surface area (Å²) in [5.74, 6) is 0.871. The zero-order valence-electron chi connectivity index (χ0n) is 19.6. The average molecular weight is 499 g/mol. The Hall–Kier alpha value is -3.93. The second-order valence-corrected chi connectivity index (χ2v) is 8.48. The number of ether oxygens (including phenoxy) is 1. The van der Waals surface area contributed by atoms with Crippen molar-refractivity contribution >= 4 is 35.0 Å². The smallest absolute Gasteiger partial charge is 0.274 e. The van der Waals surface area contributed by atoms with Gasteiger partial charge in [0.15, 0.2) is 11.0 Å². The number of rotatable bonds is 11. The number of anilines is 1. The van der Waals surface area contributed by atoms with Crippen molar-refractivity contribution in [2.45, 2.75) is 38.5 Å². The Morgan fingerprint density at radius 3 is 2.54 bits per heavy atom. The van der Waals surface area contributed by atoms with Crippen molar-refractivity contribution in [3.8, 4) is 5.75 Å². The van der Waals surface area contributed by atoms with Crippen LogP contribution in [0.1, 0.15) is 23.9 Å². The van der Waals surface area contributed by atoms with Gasteiger partial charge in [-0.25, -0.2) is 0 Å². The molecule has 0 saturated heterocycles. The second kappa shape index (κ2) is 12.0. The van der Waals surface area contributed by atoms with Gasteiger partial charge in [-0.2, -0.15) is 0 Å². The molecule has 0 aliphatic rings. The number of aryl methyl sites for hydroxylation is 1. The molecule has 2 amide bonds. The Balaban J connectivity index is 1.53. The zero-order valence-corrected chi connectivity index (χ0v) is 20.4. The van der Waals surface area contributed by atoms with Gasteiger partial charge in [0.2, 0.25) is 11.8 Å². The van der Waals surface area contributed by atoms with Crippen LogP contribution in [-0.4, -0.2) is 44.4 Å². The third kappa shape index (κ3) is 7.03. The molecule has 35 heavy (non-hydrogen) atoms. The lowest BCUT2D eigenvalue weighted by Crippen LogP contribution is -2.26. The van der Waals surface area contributed by atoms with Crippen molar-refractivity contribution in [2.75, 3.05) is 18.2 Å². The van der Waals surface area contributed by atoms with Crippen LogP contribution in [0, 0.1) is 17.0 Å². The number of nitro groups is 1. The molecule has 2 N–H and O–H groups in total. The molecule has 0 saturated carbocycles. The molecular formula is C23H26N6O5S. The number of carbonyl (C=O) groups is 2. The van der Waals surface area contributed by atoms with Gasteiger partial charge >= 0.3 is 0 Å². The van der Waals surface area contributed by atoms with E-state index in [1.165, 1.54) is 17.8 Å². The Morgan fingerprint density at radius 2 is 1.89 bits per heavy atom. The van der Waals surface area contributed by atoms with E-state index < -0.39 is 4.92 Å². The van der Waals surface area contributed by atoms with E-state index in [4.69, 9.17) is 4.74 Å². The summed E-state index contributed by atoms with van der Waals surface area (Å²) in [4.78, 5) is 35.3. The summed E-state index contributed by atoms with van der Waals surface area (Å²) < 4.78 is 6.94. The Labute approximate surface area is 206 Å². The minimum absolute atomic E-state index is 0.0453. The Bertz CT molecular complexity index is 1210. The van der Waals surface area contributed by atoms with Crippen LogP contribution in [0.3, 0.4) is 0 Å². The molecule has 0 spiro atoms. The fraction of sp³-hybridized carbons (Fsp3) is 0.304. The quantitative estimate of drug-likeness (QED) is 0.233. The topological polar surface area (TPSA) is 141 Å². The molecule has 184 valence electrons. The molecular weight excluding hydrogens is 472 g/mol. The summed E-state index contributed by atoms with van der Waals surface area (Å²) in [6.45, 7) is 4.32. The highest BCUT2D eigenvalue weighted by atomic mass is 32.2. The Morgan fingerprint density at radius 1 is 1.14 bits per heavy atom. The highest BCUT2D eigenvalue weighted by molar-refractivity contribution is 7.99. The van der Waals surface area contributed by atoms with E-state index in [1.54, 1.807) is 38.3 Å². The fourth-order valence-electron chi connectivity index (χ4n) is 3.25. The summed E-state index contributed by atoms with van der Waals surface area (Å²) in [6, 6.07) is 11.8. The Kier molecular flexibility index (Phi) is 8.79. The van der Waals surface area contributed by atoms with E-state index in [0.29, 0.717) is 28.8 Å². The van der Waals surface area contributed by atoms with Crippen molar-refractivity contribution < 1.29 is 19.2 Å². The average Bonchev–Trinajstić information content (AvgIpc) is 3.24. The van der Waals surface area contributed by atoms with Crippen LogP contribution in [0.2, 0.25) is 0 Å². The second-order valence-electron chi connectivity index (χ2n) is 7.54. The number of methoxy groups -OCH3 is 1. The molecule has 0 aliphatic heterocycles. The summed E-state index contributed by atoms with van der Waals surface area (Å²) in [6.07, 6.45) is 0.225. The number of carbonyl (C=O) groups excluding carboxylic acids is 2. The molecule has 0 bridgehead atoms. The third-order valence-electron chi connectivity index (χ3n) is 5.10. The molecule has 2 aromatic carbocycles. The van der Waals surface area contributed by atoms with Crippen LogP contribution in [0.4, 0.5) is 11.4 Å². The molecule has 3 aromatic rings. The van der Waals surface area contributed by atoms with Gasteiger partial charge in [0.05, 0.1) is 30.8 Å². The van der Waals surface area contributed by atoms with Gasteiger partial charge in [0.25, 0.3) is 5.69 Å². The van der Waals surface area contributed by atoms with Crippen molar-refractivity contribution in [1.82, 2.24) is 20.1 Å². The first-order valence-corrected chi connectivity index (χ1v) is 11.8. The minimum Gasteiger partial charge on any atom is -0.497 e.